The molecular formula is C31H39N3O4S. The summed E-state index contributed by atoms with van der Waals surface area (Å²) in [6, 6.07) is 22.2. The van der Waals surface area contributed by atoms with E-state index in [-0.39, 0.29) is 17.3 Å². The molecule has 3 aromatic rings. The van der Waals surface area contributed by atoms with Crippen molar-refractivity contribution in [2.75, 3.05) is 10.8 Å². The minimum atomic E-state index is -4.09. The monoisotopic (exact) mass is 549 g/mol. The van der Waals surface area contributed by atoms with E-state index >= 15 is 0 Å². The number of hydrogen-bond acceptors (Lipinski definition) is 4. The summed E-state index contributed by atoms with van der Waals surface area (Å²) >= 11 is 0. The zero-order chi connectivity index (χ0) is 28.8. The molecule has 2 amide bonds. The van der Waals surface area contributed by atoms with Crippen LogP contribution in [0.25, 0.3) is 0 Å². The average Bonchev–Trinajstić information content (AvgIpc) is 2.86. The van der Waals surface area contributed by atoms with Crippen LogP contribution in [0, 0.1) is 13.8 Å². The molecule has 0 saturated carbocycles. The van der Waals surface area contributed by atoms with Gasteiger partial charge in [0.1, 0.15) is 12.6 Å². The second-order valence-corrected chi connectivity index (χ2v) is 12.7. The number of nitrogens with one attached hydrogen (secondary N) is 1. The molecule has 0 bridgehead atoms. The predicted molar refractivity (Wildman–Crippen MR) is 156 cm³/mol. The summed E-state index contributed by atoms with van der Waals surface area (Å²) in [5, 5.41) is 2.98. The molecular weight excluding hydrogens is 510 g/mol. The van der Waals surface area contributed by atoms with E-state index in [1.165, 1.54) is 4.90 Å². The van der Waals surface area contributed by atoms with Crippen molar-refractivity contribution in [3.63, 3.8) is 0 Å². The molecule has 0 aliphatic heterocycles. The largest absolute Gasteiger partial charge is 0.350 e. The Balaban J connectivity index is 2.06. The lowest BCUT2D eigenvalue weighted by Crippen LogP contribution is -2.55. The number of anilines is 1. The second-order valence-electron chi connectivity index (χ2n) is 10.8. The van der Waals surface area contributed by atoms with E-state index < -0.39 is 34.1 Å². The fourth-order valence-corrected chi connectivity index (χ4v) is 5.71. The molecule has 208 valence electrons. The van der Waals surface area contributed by atoms with Crippen molar-refractivity contribution in [3.05, 3.63) is 95.6 Å². The minimum absolute atomic E-state index is 0.0922. The van der Waals surface area contributed by atoms with Gasteiger partial charge in [-0.15, -0.1) is 0 Å². The van der Waals surface area contributed by atoms with Crippen LogP contribution in [0.15, 0.2) is 83.8 Å². The molecule has 0 spiro atoms. The van der Waals surface area contributed by atoms with Gasteiger partial charge in [0, 0.05) is 12.1 Å². The summed E-state index contributed by atoms with van der Waals surface area (Å²) in [6.07, 6.45) is 0.371. The fraction of sp³-hybridized carbons (Fsp3) is 0.355. The predicted octanol–water partition coefficient (Wildman–Crippen LogP) is 5.22. The summed E-state index contributed by atoms with van der Waals surface area (Å²) in [6.45, 7) is 11.0. The number of hydrogen-bond donors (Lipinski definition) is 1. The highest BCUT2D eigenvalue weighted by molar-refractivity contribution is 7.92. The zero-order valence-electron chi connectivity index (χ0n) is 23.6. The van der Waals surface area contributed by atoms with E-state index in [0.717, 1.165) is 21.0 Å². The van der Waals surface area contributed by atoms with Gasteiger partial charge < -0.3 is 10.2 Å². The van der Waals surface area contributed by atoms with E-state index in [4.69, 9.17) is 0 Å². The SMILES string of the molecule is CCC(C(=O)NC(C)(C)C)N(Cc1ccccc1)C(=O)CN(c1cccc(C)c1)S(=O)(=O)c1ccc(C)cc1. The Morgan fingerprint density at radius 3 is 2.08 bits per heavy atom. The Labute approximate surface area is 232 Å². The maximum absolute atomic E-state index is 14.1. The maximum atomic E-state index is 14.1. The van der Waals surface area contributed by atoms with Gasteiger partial charge >= 0.3 is 0 Å². The first kappa shape index (κ1) is 29.9. The summed E-state index contributed by atoms with van der Waals surface area (Å²) in [7, 11) is -4.09. The van der Waals surface area contributed by atoms with Gasteiger partial charge in [0.15, 0.2) is 0 Å². The highest BCUT2D eigenvalue weighted by Crippen LogP contribution is 2.26. The Bertz CT molecular complexity index is 1380. The molecule has 0 saturated heterocycles. The first-order valence-electron chi connectivity index (χ1n) is 13.1. The molecule has 0 aliphatic rings. The highest BCUT2D eigenvalue weighted by Gasteiger charge is 2.34. The first-order valence-corrected chi connectivity index (χ1v) is 14.6. The molecule has 0 fully saturated rings. The lowest BCUT2D eigenvalue weighted by molar-refractivity contribution is -0.141. The van der Waals surface area contributed by atoms with E-state index in [1.54, 1.807) is 42.5 Å². The van der Waals surface area contributed by atoms with Crippen LogP contribution >= 0.6 is 0 Å². The van der Waals surface area contributed by atoms with Crippen molar-refractivity contribution in [3.8, 4) is 0 Å². The molecule has 0 aliphatic carbocycles. The van der Waals surface area contributed by atoms with Crippen molar-refractivity contribution >= 4 is 27.5 Å². The number of carbonyl (C=O) groups is 2. The molecule has 1 unspecified atom stereocenters. The number of nitrogens with zero attached hydrogens (tertiary/aromatic N) is 2. The van der Waals surface area contributed by atoms with E-state index in [9.17, 15) is 18.0 Å². The van der Waals surface area contributed by atoms with Crippen LogP contribution in [0.3, 0.4) is 0 Å². The van der Waals surface area contributed by atoms with Gasteiger partial charge in [-0.3, -0.25) is 13.9 Å². The fourth-order valence-electron chi connectivity index (χ4n) is 4.30. The quantitative estimate of drug-likeness (QED) is 0.376. The number of sulfonamides is 1. The van der Waals surface area contributed by atoms with E-state index in [2.05, 4.69) is 5.32 Å². The normalized spacial score (nSPS) is 12.5. The molecule has 3 aromatic carbocycles. The zero-order valence-corrected chi connectivity index (χ0v) is 24.5. The molecule has 1 atom stereocenters. The van der Waals surface area contributed by atoms with Crippen LogP contribution in [-0.2, 0) is 26.2 Å². The molecule has 0 heterocycles. The number of amides is 2. The van der Waals surface area contributed by atoms with Crippen LogP contribution in [0.1, 0.15) is 50.8 Å². The van der Waals surface area contributed by atoms with Gasteiger partial charge in [0.25, 0.3) is 10.0 Å². The molecule has 39 heavy (non-hydrogen) atoms. The lowest BCUT2D eigenvalue weighted by atomic mass is 10.1. The number of rotatable bonds is 10. The van der Waals surface area contributed by atoms with Crippen LogP contribution in [-0.4, -0.2) is 43.3 Å². The van der Waals surface area contributed by atoms with Gasteiger partial charge in [0.05, 0.1) is 10.6 Å². The first-order chi connectivity index (χ1) is 18.3. The lowest BCUT2D eigenvalue weighted by Gasteiger charge is -2.34. The van der Waals surface area contributed by atoms with Crippen molar-refractivity contribution in [2.45, 2.75) is 71.0 Å². The van der Waals surface area contributed by atoms with Crippen LogP contribution < -0.4 is 9.62 Å². The van der Waals surface area contributed by atoms with Gasteiger partial charge in [-0.05, 0) is 76.4 Å². The Hall–Kier alpha value is -3.65. The summed E-state index contributed by atoms with van der Waals surface area (Å²) in [4.78, 5) is 29.0. The molecule has 7 nitrogen and oxygen atoms in total. The highest BCUT2D eigenvalue weighted by atomic mass is 32.2. The molecule has 3 rings (SSSR count). The van der Waals surface area contributed by atoms with Gasteiger partial charge in [-0.2, -0.15) is 0 Å². The average molecular weight is 550 g/mol. The summed E-state index contributed by atoms with van der Waals surface area (Å²) < 4.78 is 29.0. The van der Waals surface area contributed by atoms with Crippen molar-refractivity contribution in [1.82, 2.24) is 10.2 Å². The standard InChI is InChI=1S/C31H39N3O4S/c1-7-28(30(36)32-31(4,5)6)33(21-25-13-9-8-10-14-25)29(35)22-34(26-15-11-12-24(3)20-26)39(37,38)27-18-16-23(2)17-19-27/h8-20,28H,7,21-22H2,1-6H3,(H,32,36). The Morgan fingerprint density at radius 1 is 0.872 bits per heavy atom. The molecule has 0 aromatic heterocycles. The topological polar surface area (TPSA) is 86.8 Å². The Kier molecular flexibility index (Phi) is 9.56. The minimum Gasteiger partial charge on any atom is -0.350 e. The van der Waals surface area contributed by atoms with Gasteiger partial charge in [-0.25, -0.2) is 8.42 Å². The third-order valence-electron chi connectivity index (χ3n) is 6.26. The Morgan fingerprint density at radius 2 is 1.51 bits per heavy atom. The summed E-state index contributed by atoms with van der Waals surface area (Å²) in [5.41, 5.74) is 2.53. The second kappa shape index (κ2) is 12.5. The number of carbonyl (C=O) groups excluding carboxylic acids is 2. The van der Waals surface area contributed by atoms with Crippen molar-refractivity contribution < 1.29 is 18.0 Å². The smallest absolute Gasteiger partial charge is 0.264 e. The van der Waals surface area contributed by atoms with Crippen LogP contribution in [0.5, 0.6) is 0 Å². The molecule has 8 heteroatoms. The van der Waals surface area contributed by atoms with E-state index in [0.29, 0.717) is 12.1 Å². The summed E-state index contributed by atoms with van der Waals surface area (Å²) in [5.74, 6) is -0.746. The maximum Gasteiger partial charge on any atom is 0.264 e. The molecule has 1 N–H and O–H groups in total. The van der Waals surface area contributed by atoms with Gasteiger partial charge in [0.2, 0.25) is 11.8 Å². The number of benzene rings is 3. The van der Waals surface area contributed by atoms with E-state index in [1.807, 2.05) is 77.9 Å². The van der Waals surface area contributed by atoms with Crippen LogP contribution in [0.2, 0.25) is 0 Å². The van der Waals surface area contributed by atoms with Crippen molar-refractivity contribution in [1.29, 1.82) is 0 Å². The molecule has 0 radical (unpaired) electrons. The third kappa shape index (κ3) is 7.93. The van der Waals surface area contributed by atoms with Crippen LogP contribution in [0.4, 0.5) is 5.69 Å². The van der Waals surface area contributed by atoms with Gasteiger partial charge in [-0.1, -0.05) is 67.1 Å². The third-order valence-corrected chi connectivity index (χ3v) is 8.05. The number of aryl methyl sites for hydroxylation is 2. The van der Waals surface area contributed by atoms with Crippen molar-refractivity contribution in [2.24, 2.45) is 0 Å².